The number of para-hydroxylation sites is 1. The normalized spacial score (nSPS) is 11.1. The second-order valence-corrected chi connectivity index (χ2v) is 3.85. The van der Waals surface area contributed by atoms with Crippen LogP contribution in [-0.2, 0) is 0 Å². The molecule has 0 bridgehead atoms. The van der Waals surface area contributed by atoms with E-state index in [4.69, 9.17) is 0 Å². The van der Waals surface area contributed by atoms with Crippen molar-refractivity contribution < 1.29 is 5.21 Å². The molecule has 0 aliphatic rings. The lowest BCUT2D eigenvalue weighted by Gasteiger charge is -2.07. The highest BCUT2D eigenvalue weighted by Gasteiger charge is 2.12. The maximum Gasteiger partial charge on any atom is 0.293 e. The topological polar surface area (TPSA) is 68.0 Å². The minimum Gasteiger partial charge on any atom is -0.425 e. The first-order valence-corrected chi connectivity index (χ1v) is 5.15. The van der Waals surface area contributed by atoms with Gasteiger partial charge in [0, 0.05) is 10.8 Å². The largest absolute Gasteiger partial charge is 0.425 e. The van der Waals surface area contributed by atoms with Crippen molar-refractivity contribution in [3.63, 3.8) is 0 Å². The van der Waals surface area contributed by atoms with E-state index >= 15 is 0 Å². The van der Waals surface area contributed by atoms with E-state index in [0.29, 0.717) is 26.7 Å². The van der Waals surface area contributed by atoms with Crippen LogP contribution in [0.5, 0.6) is 0 Å². The minimum absolute atomic E-state index is 0.404. The van der Waals surface area contributed by atoms with Gasteiger partial charge < -0.3 is 5.21 Å². The summed E-state index contributed by atoms with van der Waals surface area (Å²) in [5.74, 6) is 0. The number of hydrogen-bond donors (Lipinski definition) is 1. The second-order valence-electron chi connectivity index (χ2n) is 3.85. The Morgan fingerprint density at radius 1 is 1.24 bits per heavy atom. The molecule has 0 saturated heterocycles. The van der Waals surface area contributed by atoms with Gasteiger partial charge in [-0.3, -0.25) is 4.79 Å². The van der Waals surface area contributed by atoms with Gasteiger partial charge in [0.1, 0.15) is 0 Å². The monoisotopic (exact) mass is 227 g/mol. The summed E-state index contributed by atoms with van der Waals surface area (Å²) in [6.07, 6.45) is 1.55. The molecule has 1 N–H and O–H groups in total. The number of benzene rings is 1. The molecule has 0 aliphatic heterocycles. The fourth-order valence-corrected chi connectivity index (χ4v) is 2.06. The van der Waals surface area contributed by atoms with Gasteiger partial charge in [-0.25, -0.2) is 0 Å². The SMILES string of the molecule is Cc1nncc2c1c(=O)n(O)c1ccccc21. The van der Waals surface area contributed by atoms with Crippen molar-refractivity contribution in [2.75, 3.05) is 0 Å². The lowest BCUT2D eigenvalue weighted by atomic mass is 10.1. The Labute approximate surface area is 95.9 Å². The lowest BCUT2D eigenvalue weighted by Crippen LogP contribution is -2.19. The van der Waals surface area contributed by atoms with Gasteiger partial charge in [0.15, 0.2) is 0 Å². The first kappa shape index (κ1) is 9.77. The number of aromatic nitrogens is 3. The summed E-state index contributed by atoms with van der Waals surface area (Å²) < 4.78 is 0.659. The fraction of sp³-hybridized carbons (Fsp3) is 0.0833. The lowest BCUT2D eigenvalue weighted by molar-refractivity contribution is 0.190. The molecule has 0 spiro atoms. The molecule has 5 nitrogen and oxygen atoms in total. The molecule has 2 heterocycles. The molecule has 0 saturated carbocycles. The molecule has 5 heteroatoms. The molecule has 0 radical (unpaired) electrons. The van der Waals surface area contributed by atoms with E-state index in [1.165, 1.54) is 0 Å². The van der Waals surface area contributed by atoms with Crippen LogP contribution >= 0.6 is 0 Å². The first-order valence-electron chi connectivity index (χ1n) is 5.15. The Hall–Kier alpha value is -2.43. The van der Waals surface area contributed by atoms with Crippen LogP contribution in [0, 0.1) is 6.92 Å². The predicted octanol–water partition coefficient (Wildman–Crippen LogP) is 1.49. The maximum atomic E-state index is 12.0. The van der Waals surface area contributed by atoms with E-state index in [-0.39, 0.29) is 0 Å². The van der Waals surface area contributed by atoms with Crippen LogP contribution in [0.25, 0.3) is 21.7 Å². The quantitative estimate of drug-likeness (QED) is 0.466. The van der Waals surface area contributed by atoms with E-state index in [9.17, 15) is 10.0 Å². The van der Waals surface area contributed by atoms with Gasteiger partial charge in [-0.1, -0.05) is 18.2 Å². The van der Waals surface area contributed by atoms with Gasteiger partial charge in [-0.05, 0) is 13.0 Å². The standard InChI is InChI=1S/C12H9N3O2/c1-7-11-9(6-13-14-7)8-4-2-3-5-10(8)15(17)12(11)16/h2-6,17H,1H3. The zero-order chi connectivity index (χ0) is 12.0. The summed E-state index contributed by atoms with van der Waals surface area (Å²) in [6.45, 7) is 1.70. The summed E-state index contributed by atoms with van der Waals surface area (Å²) in [6, 6.07) is 7.14. The average Bonchev–Trinajstić information content (AvgIpc) is 2.36. The van der Waals surface area contributed by atoms with Crippen LogP contribution in [0.15, 0.2) is 35.3 Å². The molecule has 0 unspecified atom stereocenters. The highest BCUT2D eigenvalue weighted by Crippen LogP contribution is 2.21. The van der Waals surface area contributed by atoms with Crippen LogP contribution in [0.2, 0.25) is 0 Å². The second kappa shape index (κ2) is 3.28. The van der Waals surface area contributed by atoms with Crippen molar-refractivity contribution in [3.05, 3.63) is 46.5 Å². The fourth-order valence-electron chi connectivity index (χ4n) is 2.06. The number of nitrogens with zero attached hydrogens (tertiary/aromatic N) is 3. The molecular weight excluding hydrogens is 218 g/mol. The highest BCUT2D eigenvalue weighted by atomic mass is 16.5. The van der Waals surface area contributed by atoms with Crippen molar-refractivity contribution in [2.24, 2.45) is 0 Å². The van der Waals surface area contributed by atoms with Crippen LogP contribution in [0.1, 0.15) is 5.69 Å². The van der Waals surface area contributed by atoms with Crippen LogP contribution in [0.3, 0.4) is 0 Å². The molecule has 2 aromatic heterocycles. The van der Waals surface area contributed by atoms with Gasteiger partial charge in [0.25, 0.3) is 5.56 Å². The van der Waals surface area contributed by atoms with Gasteiger partial charge in [0.05, 0.1) is 22.8 Å². The molecule has 1 aromatic carbocycles. The van der Waals surface area contributed by atoms with Crippen molar-refractivity contribution in [2.45, 2.75) is 6.92 Å². The first-order chi connectivity index (χ1) is 8.20. The molecule has 0 fully saturated rings. The Kier molecular flexibility index (Phi) is 1.89. The van der Waals surface area contributed by atoms with E-state index < -0.39 is 5.56 Å². The molecular formula is C12H9N3O2. The maximum absolute atomic E-state index is 12.0. The number of fused-ring (bicyclic) bond motifs is 3. The number of pyridine rings is 1. The molecule has 17 heavy (non-hydrogen) atoms. The Morgan fingerprint density at radius 2 is 2.00 bits per heavy atom. The molecule has 0 amide bonds. The van der Waals surface area contributed by atoms with E-state index in [0.717, 1.165) is 5.39 Å². The minimum atomic E-state index is -0.467. The van der Waals surface area contributed by atoms with Gasteiger partial charge in [-0.15, -0.1) is 4.73 Å². The highest BCUT2D eigenvalue weighted by molar-refractivity contribution is 6.05. The smallest absolute Gasteiger partial charge is 0.293 e. The third kappa shape index (κ3) is 1.22. The molecule has 3 rings (SSSR count). The van der Waals surface area contributed by atoms with Crippen molar-refractivity contribution in [1.29, 1.82) is 0 Å². The van der Waals surface area contributed by atoms with Gasteiger partial charge in [0.2, 0.25) is 0 Å². The molecule has 3 aromatic rings. The van der Waals surface area contributed by atoms with Crippen LogP contribution < -0.4 is 5.56 Å². The van der Waals surface area contributed by atoms with Gasteiger partial charge >= 0.3 is 0 Å². The number of hydrogen-bond acceptors (Lipinski definition) is 4. The summed E-state index contributed by atoms with van der Waals surface area (Å²) >= 11 is 0. The number of rotatable bonds is 0. The number of aryl methyl sites for hydroxylation is 1. The van der Waals surface area contributed by atoms with Gasteiger partial charge in [-0.2, -0.15) is 10.2 Å². The van der Waals surface area contributed by atoms with E-state index in [1.54, 1.807) is 25.3 Å². The summed E-state index contributed by atoms with van der Waals surface area (Å²) in [5.41, 5.74) is 0.518. The average molecular weight is 227 g/mol. The van der Waals surface area contributed by atoms with Crippen molar-refractivity contribution in [3.8, 4) is 0 Å². The predicted molar refractivity (Wildman–Crippen MR) is 63.2 cm³/mol. The van der Waals surface area contributed by atoms with Crippen molar-refractivity contribution in [1.82, 2.24) is 14.9 Å². The third-order valence-electron chi connectivity index (χ3n) is 2.85. The van der Waals surface area contributed by atoms with Crippen LogP contribution in [-0.4, -0.2) is 20.1 Å². The molecule has 84 valence electrons. The van der Waals surface area contributed by atoms with E-state index in [2.05, 4.69) is 10.2 Å². The zero-order valence-electron chi connectivity index (χ0n) is 9.08. The summed E-state index contributed by atoms with van der Waals surface area (Å²) in [4.78, 5) is 12.0. The Morgan fingerprint density at radius 3 is 2.82 bits per heavy atom. The summed E-state index contributed by atoms with van der Waals surface area (Å²) in [7, 11) is 0. The van der Waals surface area contributed by atoms with E-state index in [1.807, 2.05) is 12.1 Å². The third-order valence-corrected chi connectivity index (χ3v) is 2.85. The Balaban J connectivity index is 2.76. The summed E-state index contributed by atoms with van der Waals surface area (Å²) in [5, 5.41) is 19.4. The van der Waals surface area contributed by atoms with Crippen LogP contribution in [0.4, 0.5) is 0 Å². The molecule has 0 atom stereocenters. The molecule has 0 aliphatic carbocycles. The Bertz CT molecular complexity index is 793. The van der Waals surface area contributed by atoms with Crippen molar-refractivity contribution >= 4 is 21.7 Å². The zero-order valence-corrected chi connectivity index (χ0v) is 9.08.